The van der Waals surface area contributed by atoms with Crippen molar-refractivity contribution in [2.45, 2.75) is 69.4 Å². The zero-order valence-electron chi connectivity index (χ0n) is 15.3. The van der Waals surface area contributed by atoms with Crippen LogP contribution in [0.1, 0.15) is 57.8 Å². The summed E-state index contributed by atoms with van der Waals surface area (Å²) in [6.45, 7) is 0.859. The quantitative estimate of drug-likeness (QED) is 0.839. The molecule has 5 nitrogen and oxygen atoms in total. The Labute approximate surface area is 154 Å². The molecule has 7 rings (SSSR count). The van der Waals surface area contributed by atoms with Gasteiger partial charge < -0.3 is 10.0 Å². The van der Waals surface area contributed by atoms with Crippen molar-refractivity contribution in [3.8, 4) is 0 Å². The Bertz CT molecular complexity index is 698. The third-order valence-electron chi connectivity index (χ3n) is 8.58. The van der Waals surface area contributed by atoms with Crippen molar-refractivity contribution in [2.75, 3.05) is 6.54 Å². The average molecular weight is 356 g/mol. The zero-order chi connectivity index (χ0) is 17.7. The fourth-order valence-corrected chi connectivity index (χ4v) is 7.67. The van der Waals surface area contributed by atoms with Crippen LogP contribution in [0, 0.1) is 29.1 Å². The topological polar surface area (TPSA) is 60.9 Å². The molecular formula is C21H28N2O3. The van der Waals surface area contributed by atoms with Crippen LogP contribution in [0.5, 0.6) is 0 Å². The zero-order valence-corrected chi connectivity index (χ0v) is 15.3. The molecule has 26 heavy (non-hydrogen) atoms. The molecule has 0 aromatic heterocycles. The van der Waals surface area contributed by atoms with Gasteiger partial charge in [-0.2, -0.15) is 0 Å². The molecule has 5 aliphatic carbocycles. The van der Waals surface area contributed by atoms with E-state index in [-0.39, 0.29) is 17.6 Å². The molecule has 4 bridgehead atoms. The third-order valence-corrected chi connectivity index (χ3v) is 8.58. The van der Waals surface area contributed by atoms with Gasteiger partial charge in [0, 0.05) is 18.8 Å². The number of carbonyl (C=O) groups is 2. The van der Waals surface area contributed by atoms with Crippen LogP contribution >= 0.6 is 0 Å². The summed E-state index contributed by atoms with van der Waals surface area (Å²) in [7, 11) is 0. The number of rotatable bonds is 4. The molecule has 3 atom stereocenters. The van der Waals surface area contributed by atoms with E-state index in [1.54, 1.807) is 0 Å². The largest absolute Gasteiger partial charge is 0.481 e. The first-order valence-corrected chi connectivity index (χ1v) is 10.5. The fourth-order valence-electron chi connectivity index (χ4n) is 7.67. The van der Waals surface area contributed by atoms with E-state index in [9.17, 15) is 14.7 Å². The summed E-state index contributed by atoms with van der Waals surface area (Å²) in [5.41, 5.74) is -0.491. The summed E-state index contributed by atoms with van der Waals surface area (Å²) < 4.78 is 0. The second-order valence-corrected chi connectivity index (χ2v) is 10.3. The molecule has 2 aliphatic heterocycles. The minimum absolute atomic E-state index is 0.00258. The highest BCUT2D eigenvalue weighted by Gasteiger charge is 2.63. The first kappa shape index (κ1) is 15.5. The van der Waals surface area contributed by atoms with Crippen molar-refractivity contribution in [2.24, 2.45) is 29.1 Å². The van der Waals surface area contributed by atoms with Crippen LogP contribution in [0.3, 0.4) is 0 Å². The molecule has 140 valence electrons. The van der Waals surface area contributed by atoms with Crippen LogP contribution in [0.25, 0.3) is 0 Å². The number of nitrogens with zero attached hydrogens (tertiary/aromatic N) is 2. The van der Waals surface area contributed by atoms with E-state index in [0.29, 0.717) is 17.8 Å². The molecule has 2 heterocycles. The van der Waals surface area contributed by atoms with Gasteiger partial charge in [-0.1, -0.05) is 18.9 Å². The number of hydrogen-bond donors (Lipinski definition) is 1. The average Bonchev–Trinajstić information content (AvgIpc) is 3.23. The smallest absolute Gasteiger partial charge is 0.324 e. The predicted octanol–water partition coefficient (Wildman–Crippen LogP) is 3.46. The second-order valence-electron chi connectivity index (χ2n) is 10.3. The number of urea groups is 1. The highest BCUT2D eigenvalue weighted by atomic mass is 16.4. The molecule has 0 radical (unpaired) electrons. The Balaban J connectivity index is 1.30. The number of carbonyl (C=O) groups excluding carboxylic acids is 1. The van der Waals surface area contributed by atoms with Crippen molar-refractivity contribution in [3.63, 3.8) is 0 Å². The van der Waals surface area contributed by atoms with Gasteiger partial charge in [-0.15, -0.1) is 0 Å². The Morgan fingerprint density at radius 2 is 1.92 bits per heavy atom. The third kappa shape index (κ3) is 1.92. The summed E-state index contributed by atoms with van der Waals surface area (Å²) in [5, 5.41) is 9.86. The van der Waals surface area contributed by atoms with Gasteiger partial charge in [0.05, 0.1) is 11.0 Å². The maximum Gasteiger partial charge on any atom is 0.324 e. The molecule has 1 saturated heterocycles. The van der Waals surface area contributed by atoms with Crippen molar-refractivity contribution in [1.82, 2.24) is 9.80 Å². The molecule has 7 aliphatic rings. The van der Waals surface area contributed by atoms with Gasteiger partial charge >= 0.3 is 12.0 Å². The molecule has 3 unspecified atom stereocenters. The maximum atomic E-state index is 13.3. The monoisotopic (exact) mass is 356 g/mol. The lowest BCUT2D eigenvalue weighted by Crippen LogP contribution is -2.61. The Morgan fingerprint density at radius 1 is 1.19 bits per heavy atom. The molecule has 6 fully saturated rings. The molecule has 0 aromatic carbocycles. The van der Waals surface area contributed by atoms with E-state index in [4.69, 9.17) is 0 Å². The molecule has 5 heteroatoms. The summed E-state index contributed by atoms with van der Waals surface area (Å²) in [6, 6.07) is 0.475. The molecular weight excluding hydrogens is 328 g/mol. The van der Waals surface area contributed by atoms with Gasteiger partial charge in [-0.05, 0) is 68.6 Å². The van der Waals surface area contributed by atoms with Gasteiger partial charge in [-0.25, -0.2) is 4.79 Å². The molecule has 5 saturated carbocycles. The molecule has 2 amide bonds. The lowest BCUT2D eigenvalue weighted by atomic mass is 9.47. The minimum Gasteiger partial charge on any atom is -0.481 e. The minimum atomic E-state index is -0.586. The lowest BCUT2D eigenvalue weighted by Gasteiger charge is -2.60. The Hall–Kier alpha value is -1.52. The first-order chi connectivity index (χ1) is 12.5. The number of aliphatic carboxylic acids is 1. The number of amides is 2. The van der Waals surface area contributed by atoms with Crippen molar-refractivity contribution in [1.29, 1.82) is 0 Å². The van der Waals surface area contributed by atoms with Crippen molar-refractivity contribution < 1.29 is 14.7 Å². The fraction of sp³-hybridized carbons (Fsp3) is 0.810. The summed E-state index contributed by atoms with van der Waals surface area (Å²) >= 11 is 0. The molecule has 1 N–H and O–H groups in total. The van der Waals surface area contributed by atoms with Crippen LogP contribution in [0.4, 0.5) is 4.79 Å². The van der Waals surface area contributed by atoms with E-state index < -0.39 is 11.4 Å². The number of carboxylic acid groups (broad SMARTS) is 1. The summed E-state index contributed by atoms with van der Waals surface area (Å²) in [5.74, 6) is 1.57. The summed E-state index contributed by atoms with van der Waals surface area (Å²) in [6.07, 6.45) is 13.7. The Kier molecular flexibility index (Phi) is 2.89. The predicted molar refractivity (Wildman–Crippen MR) is 95.2 cm³/mol. The molecule has 0 spiro atoms. The van der Waals surface area contributed by atoms with Gasteiger partial charge in [0.25, 0.3) is 0 Å². The van der Waals surface area contributed by atoms with Crippen LogP contribution in [0.15, 0.2) is 12.3 Å². The highest BCUT2D eigenvalue weighted by Crippen LogP contribution is 2.62. The number of fused-ring (bicyclic) bond motifs is 1. The van der Waals surface area contributed by atoms with Gasteiger partial charge in [-0.3, -0.25) is 9.69 Å². The van der Waals surface area contributed by atoms with E-state index >= 15 is 0 Å². The second kappa shape index (κ2) is 4.85. The van der Waals surface area contributed by atoms with E-state index in [2.05, 4.69) is 11.0 Å². The molecule has 0 aromatic rings. The van der Waals surface area contributed by atoms with Crippen LogP contribution in [-0.2, 0) is 4.79 Å². The van der Waals surface area contributed by atoms with E-state index in [1.165, 1.54) is 12.8 Å². The Morgan fingerprint density at radius 3 is 2.58 bits per heavy atom. The normalized spacial score (nSPS) is 48.5. The first-order valence-electron chi connectivity index (χ1n) is 10.5. The van der Waals surface area contributed by atoms with Crippen molar-refractivity contribution in [3.05, 3.63) is 12.3 Å². The van der Waals surface area contributed by atoms with Gasteiger partial charge in [0.2, 0.25) is 0 Å². The van der Waals surface area contributed by atoms with Crippen LogP contribution in [-0.4, -0.2) is 45.0 Å². The van der Waals surface area contributed by atoms with Gasteiger partial charge in [0.15, 0.2) is 0 Å². The van der Waals surface area contributed by atoms with Crippen LogP contribution < -0.4 is 0 Å². The maximum absolute atomic E-state index is 13.3. The lowest BCUT2D eigenvalue weighted by molar-refractivity contribution is -0.170. The van der Waals surface area contributed by atoms with Gasteiger partial charge in [0.1, 0.15) is 0 Å². The van der Waals surface area contributed by atoms with Crippen LogP contribution in [0.2, 0.25) is 0 Å². The van der Waals surface area contributed by atoms with E-state index in [1.807, 2.05) is 11.1 Å². The number of carboxylic acids is 1. The SMILES string of the molecule is O=C1N(C2C3CC4CC2CC(C(=O)O)(C4)C3)CC2(CC3CC3)CC=CN12. The summed E-state index contributed by atoms with van der Waals surface area (Å²) in [4.78, 5) is 29.5. The van der Waals surface area contributed by atoms with E-state index in [0.717, 1.165) is 57.4 Å². The standard InChI is InChI=1S/C21H28N2O3/c24-18(25)20-8-14-6-15(10-20)17(16(7-14)11-20)22-12-21(9-13-2-3-13)4-1-5-23(21)19(22)26/h1,5,13-17H,2-4,6-12H2,(H,24,25). The van der Waals surface area contributed by atoms with Crippen molar-refractivity contribution >= 4 is 12.0 Å². The highest BCUT2D eigenvalue weighted by molar-refractivity contribution is 5.81. The number of hydrogen-bond acceptors (Lipinski definition) is 2.